The number of hydrogen-bond donors (Lipinski definition) is 6. The van der Waals surface area contributed by atoms with Crippen LogP contribution in [0.2, 0.25) is 0 Å². The van der Waals surface area contributed by atoms with E-state index in [0.717, 1.165) is 89.9 Å². The Balaban J connectivity index is 2.17. The van der Waals surface area contributed by atoms with Gasteiger partial charge in [0, 0.05) is 12.8 Å². The van der Waals surface area contributed by atoms with Crippen LogP contribution in [0, 0.1) is 0 Å². The minimum atomic E-state index is -1.58. The summed E-state index contributed by atoms with van der Waals surface area (Å²) in [6, 6.07) is -0.840. The van der Waals surface area contributed by atoms with Crippen molar-refractivity contribution in [3.63, 3.8) is 0 Å². The third-order valence-corrected chi connectivity index (χ3v) is 12.6. The second-order valence-electron chi connectivity index (χ2n) is 18.9. The van der Waals surface area contributed by atoms with E-state index < -0.39 is 49.5 Å². The van der Waals surface area contributed by atoms with Gasteiger partial charge in [0.25, 0.3) is 0 Å². The molecule has 67 heavy (non-hydrogen) atoms. The maximum absolute atomic E-state index is 13.0. The van der Waals surface area contributed by atoms with E-state index in [9.17, 15) is 35.1 Å². The molecule has 390 valence electrons. The van der Waals surface area contributed by atoms with Crippen LogP contribution in [0.3, 0.4) is 0 Å². The van der Waals surface area contributed by atoms with E-state index in [1.165, 1.54) is 116 Å². The standard InChI is InChI=1S/C56H101NO10/c1-3-5-7-9-11-13-15-23-26-30-34-38-42-49(59)48(47-66-56-55(64)54(63)53(62)50(46-58)67-56)57-51(60)43-39-35-31-27-24-20-18-16-17-19-21-25-29-33-37-41-45-65-52(61)44-40-36-32-28-22-14-12-10-8-6-4-2/h10,12,16,18,23,26,38,42,48-50,53-56,58-59,62-64H,3-9,11,13-15,17,19-22,24-25,27-37,39-41,43-47H2,1-2H3,(H,57,60)/b12-10-,18-16-,26-23+,42-38+. The van der Waals surface area contributed by atoms with Crippen LogP contribution in [0.4, 0.5) is 0 Å². The molecular formula is C56H101NO10. The number of hydrogen-bond acceptors (Lipinski definition) is 10. The molecule has 0 spiro atoms. The van der Waals surface area contributed by atoms with Gasteiger partial charge in [-0.15, -0.1) is 0 Å². The number of carbonyl (C=O) groups is 2. The van der Waals surface area contributed by atoms with Crippen molar-refractivity contribution < 1.29 is 49.3 Å². The lowest BCUT2D eigenvalue weighted by Crippen LogP contribution is -2.60. The molecule has 6 N–H and O–H groups in total. The molecule has 0 bridgehead atoms. The van der Waals surface area contributed by atoms with Crippen molar-refractivity contribution in [2.75, 3.05) is 19.8 Å². The minimum absolute atomic E-state index is 0.0336. The van der Waals surface area contributed by atoms with Crippen LogP contribution in [-0.4, -0.2) is 100 Å². The molecular weight excluding hydrogens is 847 g/mol. The van der Waals surface area contributed by atoms with E-state index in [1.54, 1.807) is 6.08 Å². The lowest BCUT2D eigenvalue weighted by Gasteiger charge is -2.40. The monoisotopic (exact) mass is 948 g/mol. The molecule has 11 nitrogen and oxygen atoms in total. The molecule has 0 aromatic heterocycles. The quantitative estimate of drug-likeness (QED) is 0.0196. The summed E-state index contributed by atoms with van der Waals surface area (Å²) in [7, 11) is 0. The number of unbranched alkanes of at least 4 members (excludes halogenated alkanes) is 26. The Labute approximate surface area is 408 Å². The van der Waals surface area contributed by atoms with Crippen LogP contribution in [-0.2, 0) is 23.8 Å². The topological polar surface area (TPSA) is 175 Å². The van der Waals surface area contributed by atoms with Gasteiger partial charge in [-0.2, -0.15) is 0 Å². The smallest absolute Gasteiger partial charge is 0.305 e. The zero-order chi connectivity index (χ0) is 48.8. The van der Waals surface area contributed by atoms with Crippen LogP contribution in [0.15, 0.2) is 48.6 Å². The van der Waals surface area contributed by atoms with Crippen LogP contribution >= 0.6 is 0 Å². The number of ether oxygens (including phenoxy) is 3. The lowest BCUT2D eigenvalue weighted by atomic mass is 9.99. The first-order valence-electron chi connectivity index (χ1n) is 27.4. The maximum Gasteiger partial charge on any atom is 0.305 e. The van der Waals surface area contributed by atoms with Crippen molar-refractivity contribution in [2.24, 2.45) is 0 Å². The van der Waals surface area contributed by atoms with Crippen molar-refractivity contribution in [2.45, 2.75) is 275 Å². The molecule has 0 saturated carbocycles. The van der Waals surface area contributed by atoms with Gasteiger partial charge in [-0.1, -0.05) is 178 Å². The van der Waals surface area contributed by atoms with E-state index in [4.69, 9.17) is 14.2 Å². The third kappa shape index (κ3) is 36.3. The molecule has 1 amide bonds. The summed E-state index contributed by atoms with van der Waals surface area (Å²) in [5, 5.41) is 54.2. The first-order valence-corrected chi connectivity index (χ1v) is 27.4. The molecule has 0 aliphatic carbocycles. The normalized spacial score (nSPS) is 19.9. The summed E-state index contributed by atoms with van der Waals surface area (Å²) in [6.45, 7) is 4.22. The molecule has 1 saturated heterocycles. The van der Waals surface area contributed by atoms with Gasteiger partial charge in [0.15, 0.2) is 6.29 Å². The van der Waals surface area contributed by atoms with Gasteiger partial charge in [-0.05, 0) is 89.9 Å². The molecule has 7 unspecified atom stereocenters. The van der Waals surface area contributed by atoms with E-state index in [0.29, 0.717) is 19.4 Å². The molecule has 0 aromatic rings. The zero-order valence-electron chi connectivity index (χ0n) is 42.6. The van der Waals surface area contributed by atoms with Crippen LogP contribution in [0.25, 0.3) is 0 Å². The largest absolute Gasteiger partial charge is 0.466 e. The van der Waals surface area contributed by atoms with Crippen molar-refractivity contribution in [1.82, 2.24) is 5.32 Å². The van der Waals surface area contributed by atoms with Crippen molar-refractivity contribution in [3.05, 3.63) is 48.6 Å². The Hall–Kier alpha value is -2.38. The van der Waals surface area contributed by atoms with Gasteiger partial charge in [0.2, 0.25) is 5.91 Å². The predicted octanol–water partition coefficient (Wildman–Crippen LogP) is 11.7. The lowest BCUT2D eigenvalue weighted by molar-refractivity contribution is -0.302. The summed E-state index contributed by atoms with van der Waals surface area (Å²) in [5.74, 6) is -0.245. The summed E-state index contributed by atoms with van der Waals surface area (Å²) in [4.78, 5) is 25.0. The van der Waals surface area contributed by atoms with Crippen molar-refractivity contribution in [1.29, 1.82) is 0 Å². The number of amides is 1. The van der Waals surface area contributed by atoms with Gasteiger partial charge in [-0.3, -0.25) is 9.59 Å². The molecule has 0 aromatic carbocycles. The van der Waals surface area contributed by atoms with E-state index in [1.807, 2.05) is 6.08 Å². The molecule has 1 aliphatic heterocycles. The van der Waals surface area contributed by atoms with Gasteiger partial charge in [0.05, 0.1) is 32.0 Å². The number of carbonyl (C=O) groups excluding carboxylic acids is 2. The molecule has 1 aliphatic rings. The number of aliphatic hydroxyl groups is 5. The van der Waals surface area contributed by atoms with E-state index >= 15 is 0 Å². The Kier molecular flexibility index (Phi) is 43.0. The molecule has 1 heterocycles. The summed E-state index contributed by atoms with van der Waals surface area (Å²) < 4.78 is 16.6. The zero-order valence-corrected chi connectivity index (χ0v) is 42.6. The average Bonchev–Trinajstić information content (AvgIpc) is 3.32. The average molecular weight is 948 g/mol. The highest BCUT2D eigenvalue weighted by Crippen LogP contribution is 2.23. The van der Waals surface area contributed by atoms with Gasteiger partial charge < -0.3 is 45.1 Å². The molecule has 1 rings (SSSR count). The number of rotatable bonds is 46. The van der Waals surface area contributed by atoms with Crippen molar-refractivity contribution >= 4 is 11.9 Å². The number of aliphatic hydroxyl groups excluding tert-OH is 5. The summed E-state index contributed by atoms with van der Waals surface area (Å²) >= 11 is 0. The number of esters is 1. The van der Waals surface area contributed by atoms with Gasteiger partial charge in [-0.25, -0.2) is 0 Å². The third-order valence-electron chi connectivity index (χ3n) is 12.6. The Morgan fingerprint density at radius 3 is 1.52 bits per heavy atom. The summed E-state index contributed by atoms with van der Waals surface area (Å²) in [6.07, 6.45) is 46.2. The predicted molar refractivity (Wildman–Crippen MR) is 274 cm³/mol. The SMILES string of the molecule is CCCC/C=C\CCCCCCCC(=O)OCCCCCCCCC/C=C\CCCCCCCC(=O)NC(COC1OC(CO)C(O)C(O)C1O)C(O)/C=C/CC/C=C/CCCCCCCC. The fourth-order valence-corrected chi connectivity index (χ4v) is 8.19. The molecule has 7 atom stereocenters. The Morgan fingerprint density at radius 2 is 0.985 bits per heavy atom. The fourth-order valence-electron chi connectivity index (χ4n) is 8.19. The Bertz CT molecular complexity index is 1250. The first-order chi connectivity index (χ1) is 32.7. The van der Waals surface area contributed by atoms with Gasteiger partial charge in [0.1, 0.15) is 24.4 Å². The highest BCUT2D eigenvalue weighted by molar-refractivity contribution is 5.76. The number of allylic oxidation sites excluding steroid dienone is 7. The Morgan fingerprint density at radius 1 is 0.537 bits per heavy atom. The molecule has 11 heteroatoms. The second kappa shape index (κ2) is 46.0. The van der Waals surface area contributed by atoms with Crippen molar-refractivity contribution in [3.8, 4) is 0 Å². The fraction of sp³-hybridized carbons (Fsp3) is 0.821. The van der Waals surface area contributed by atoms with E-state index in [2.05, 4.69) is 55.6 Å². The molecule has 0 radical (unpaired) electrons. The van der Waals surface area contributed by atoms with Crippen LogP contribution < -0.4 is 5.32 Å². The van der Waals surface area contributed by atoms with Gasteiger partial charge >= 0.3 is 5.97 Å². The highest BCUT2D eigenvalue weighted by Gasteiger charge is 2.44. The number of nitrogens with one attached hydrogen (secondary N) is 1. The highest BCUT2D eigenvalue weighted by atomic mass is 16.7. The van der Waals surface area contributed by atoms with Crippen LogP contribution in [0.5, 0.6) is 0 Å². The summed E-state index contributed by atoms with van der Waals surface area (Å²) in [5.41, 5.74) is 0. The minimum Gasteiger partial charge on any atom is -0.466 e. The van der Waals surface area contributed by atoms with Crippen LogP contribution in [0.1, 0.15) is 232 Å². The first kappa shape index (κ1) is 62.6. The molecule has 1 fully saturated rings. The second-order valence-corrected chi connectivity index (χ2v) is 18.9. The maximum atomic E-state index is 13.0. The van der Waals surface area contributed by atoms with E-state index in [-0.39, 0.29) is 18.5 Å².